The highest BCUT2D eigenvalue weighted by Crippen LogP contribution is 2.54. The molecule has 38 valence electrons. The van der Waals surface area contributed by atoms with Crippen molar-refractivity contribution in [3.05, 3.63) is 0 Å². The van der Waals surface area contributed by atoms with Crippen LogP contribution in [-0.2, 0) is 0 Å². The number of rotatable bonds is 0. The lowest BCUT2D eigenvalue weighted by atomic mass is 11.8. The lowest BCUT2D eigenvalue weighted by Crippen LogP contribution is -2.12. The average Bonchev–Trinajstić information content (AvgIpc) is 1.32. The first-order valence-corrected chi connectivity index (χ1v) is 4.56. The molecule has 0 bridgehead atoms. The fraction of sp³-hybridized carbons (Fsp3) is 1.00. The summed E-state index contributed by atoms with van der Waals surface area (Å²) >= 11 is 1.58. The van der Waals surface area contributed by atoms with Crippen LogP contribution in [0.3, 0.4) is 0 Å². The Hall–Kier alpha value is 0.620. The van der Waals surface area contributed by atoms with Gasteiger partial charge in [-0.3, -0.25) is 9.11 Å². The summed E-state index contributed by atoms with van der Waals surface area (Å²) in [5.74, 6) is 0. The maximum Gasteiger partial charge on any atom is 0.0853 e. The molecular weight excluding hydrogens is 120 g/mol. The summed E-state index contributed by atoms with van der Waals surface area (Å²) in [5, 5.41) is 1.12. The highest BCUT2D eigenvalue weighted by Gasteiger charge is 2.21. The van der Waals surface area contributed by atoms with Crippen LogP contribution in [0.15, 0.2) is 0 Å². The quantitative estimate of drug-likeness (QED) is 0.515. The van der Waals surface area contributed by atoms with E-state index < -0.39 is 10.6 Å². The Labute approximate surface area is 42.3 Å². The van der Waals surface area contributed by atoms with Crippen molar-refractivity contribution in [3.63, 3.8) is 0 Å². The van der Waals surface area contributed by atoms with Crippen LogP contribution in [0.4, 0.5) is 0 Å². The Morgan fingerprint density at radius 3 is 1.67 bits per heavy atom. The van der Waals surface area contributed by atoms with Gasteiger partial charge in [-0.1, -0.05) is 0 Å². The lowest BCUT2D eigenvalue weighted by Gasteiger charge is -2.39. The normalized spacial score (nSPS) is 34.3. The molecule has 0 aliphatic carbocycles. The van der Waals surface area contributed by atoms with E-state index in [4.69, 9.17) is 9.11 Å². The molecule has 2 N–H and O–H groups in total. The molecule has 4 heteroatoms. The van der Waals surface area contributed by atoms with Crippen molar-refractivity contribution in [2.75, 3.05) is 10.2 Å². The van der Waals surface area contributed by atoms with E-state index in [0.29, 0.717) is 10.2 Å². The number of thioether (sulfide) groups is 1. The SMILES string of the molecule is OS1(O)CSC1. The summed E-state index contributed by atoms with van der Waals surface area (Å²) in [6.45, 7) is 0. The van der Waals surface area contributed by atoms with Crippen LogP contribution in [0.2, 0.25) is 0 Å². The topological polar surface area (TPSA) is 40.5 Å². The van der Waals surface area contributed by atoms with Crippen LogP contribution >= 0.6 is 22.4 Å². The van der Waals surface area contributed by atoms with E-state index in [1.54, 1.807) is 11.8 Å². The summed E-state index contributed by atoms with van der Waals surface area (Å²) in [6, 6.07) is 0. The second kappa shape index (κ2) is 1.30. The predicted octanol–water partition coefficient (Wildman–Crippen LogP) is 1.40. The van der Waals surface area contributed by atoms with Gasteiger partial charge in [0.15, 0.2) is 0 Å². The third kappa shape index (κ3) is 0.815. The first-order chi connectivity index (χ1) is 2.71. The van der Waals surface area contributed by atoms with Crippen molar-refractivity contribution in [3.8, 4) is 0 Å². The van der Waals surface area contributed by atoms with Crippen LogP contribution in [0.5, 0.6) is 0 Å². The van der Waals surface area contributed by atoms with Gasteiger partial charge in [-0.15, -0.1) is 11.8 Å². The molecule has 1 aliphatic rings. The van der Waals surface area contributed by atoms with Gasteiger partial charge in [0, 0.05) is 0 Å². The second-order valence-electron chi connectivity index (χ2n) is 1.24. The molecule has 1 heterocycles. The van der Waals surface area contributed by atoms with E-state index in [1.165, 1.54) is 0 Å². The predicted molar refractivity (Wildman–Crippen MR) is 30.2 cm³/mol. The first-order valence-electron chi connectivity index (χ1n) is 1.52. The summed E-state index contributed by atoms with van der Waals surface area (Å²) in [7, 11) is -2.02. The molecule has 6 heavy (non-hydrogen) atoms. The zero-order chi connectivity index (χ0) is 4.62. The lowest BCUT2D eigenvalue weighted by molar-refractivity contribution is 0.497. The molecular formula is C2H6O2S2. The third-order valence-corrected chi connectivity index (χ3v) is 4.90. The Kier molecular flexibility index (Phi) is 1.03. The molecule has 1 aliphatic heterocycles. The van der Waals surface area contributed by atoms with Crippen molar-refractivity contribution < 1.29 is 9.11 Å². The molecule has 1 saturated heterocycles. The van der Waals surface area contributed by atoms with Gasteiger partial charge >= 0.3 is 0 Å². The molecule has 0 atom stereocenters. The van der Waals surface area contributed by atoms with Crippen molar-refractivity contribution in [2.24, 2.45) is 0 Å². The molecule has 0 aromatic carbocycles. The summed E-state index contributed by atoms with van der Waals surface area (Å²) in [4.78, 5) is 0. The van der Waals surface area contributed by atoms with Crippen LogP contribution < -0.4 is 0 Å². The van der Waals surface area contributed by atoms with Gasteiger partial charge in [-0.25, -0.2) is 0 Å². The summed E-state index contributed by atoms with van der Waals surface area (Å²) in [6.07, 6.45) is 0. The Balaban J connectivity index is 2.31. The molecule has 0 aromatic rings. The van der Waals surface area contributed by atoms with Crippen molar-refractivity contribution >= 4 is 22.4 Å². The summed E-state index contributed by atoms with van der Waals surface area (Å²) < 4.78 is 17.1. The van der Waals surface area contributed by atoms with Gasteiger partial charge in [0.25, 0.3) is 0 Å². The van der Waals surface area contributed by atoms with Gasteiger partial charge in [-0.05, 0) is 0 Å². The minimum atomic E-state index is -2.02. The Morgan fingerprint density at radius 2 is 1.67 bits per heavy atom. The second-order valence-corrected chi connectivity index (χ2v) is 5.14. The fourth-order valence-electron chi connectivity index (χ4n) is 0.232. The smallest absolute Gasteiger partial charge is 0.0853 e. The standard InChI is InChI=1S/C2H6O2S2/c3-6(4)1-5-2-6/h3-4H,1-2H2. The van der Waals surface area contributed by atoms with E-state index in [-0.39, 0.29) is 0 Å². The number of hydrogen-bond acceptors (Lipinski definition) is 3. The largest absolute Gasteiger partial charge is 0.298 e. The molecule has 1 fully saturated rings. The Bertz CT molecular complexity index is 56.6. The number of hydrogen-bond donors (Lipinski definition) is 2. The zero-order valence-corrected chi connectivity index (χ0v) is 4.76. The summed E-state index contributed by atoms with van der Waals surface area (Å²) in [5.41, 5.74) is 0. The maximum absolute atomic E-state index is 8.53. The molecule has 0 saturated carbocycles. The van der Waals surface area contributed by atoms with Crippen LogP contribution in [0, 0.1) is 0 Å². The van der Waals surface area contributed by atoms with Crippen LogP contribution in [0.25, 0.3) is 0 Å². The molecule has 1 rings (SSSR count). The fourth-order valence-corrected chi connectivity index (χ4v) is 2.09. The van der Waals surface area contributed by atoms with Gasteiger partial charge in [0.2, 0.25) is 0 Å². The molecule has 0 amide bonds. The maximum atomic E-state index is 8.53. The van der Waals surface area contributed by atoms with Gasteiger partial charge in [0.05, 0.1) is 10.2 Å². The van der Waals surface area contributed by atoms with Crippen molar-refractivity contribution in [1.82, 2.24) is 0 Å². The van der Waals surface area contributed by atoms with E-state index in [2.05, 4.69) is 0 Å². The Morgan fingerprint density at radius 1 is 1.33 bits per heavy atom. The zero-order valence-electron chi connectivity index (χ0n) is 3.13. The molecule has 2 nitrogen and oxygen atoms in total. The van der Waals surface area contributed by atoms with Gasteiger partial charge in [0.1, 0.15) is 0 Å². The monoisotopic (exact) mass is 126 g/mol. The highest BCUT2D eigenvalue weighted by atomic mass is 32.3. The first kappa shape index (κ1) is 4.77. The van der Waals surface area contributed by atoms with E-state index in [0.717, 1.165) is 0 Å². The van der Waals surface area contributed by atoms with Gasteiger partial charge < -0.3 is 0 Å². The van der Waals surface area contributed by atoms with E-state index in [1.807, 2.05) is 0 Å². The minimum absolute atomic E-state index is 0.562. The molecule has 0 radical (unpaired) electrons. The third-order valence-electron chi connectivity index (χ3n) is 0.544. The minimum Gasteiger partial charge on any atom is -0.298 e. The van der Waals surface area contributed by atoms with E-state index >= 15 is 0 Å². The van der Waals surface area contributed by atoms with Gasteiger partial charge in [-0.2, -0.15) is 10.6 Å². The van der Waals surface area contributed by atoms with E-state index in [9.17, 15) is 0 Å². The van der Waals surface area contributed by atoms with Crippen LogP contribution in [-0.4, -0.2) is 19.3 Å². The highest BCUT2D eigenvalue weighted by molar-refractivity contribution is 8.45. The molecule has 0 spiro atoms. The van der Waals surface area contributed by atoms with Crippen molar-refractivity contribution in [1.29, 1.82) is 0 Å². The van der Waals surface area contributed by atoms with Crippen LogP contribution in [0.1, 0.15) is 0 Å². The average molecular weight is 126 g/mol. The molecule has 0 unspecified atom stereocenters. The molecule has 0 aromatic heterocycles. The van der Waals surface area contributed by atoms with Crippen molar-refractivity contribution in [2.45, 2.75) is 0 Å².